The Morgan fingerprint density at radius 2 is 2.29 bits per heavy atom. The summed E-state index contributed by atoms with van der Waals surface area (Å²) in [5, 5.41) is 9.77. The zero-order valence-electron chi connectivity index (χ0n) is 7.27. The third-order valence-electron chi connectivity index (χ3n) is 2.24. The molecule has 0 saturated heterocycles. The maximum atomic E-state index is 12.8. The first kappa shape index (κ1) is 9.11. The van der Waals surface area contributed by atoms with Crippen molar-refractivity contribution in [3.63, 3.8) is 0 Å². The van der Waals surface area contributed by atoms with Gasteiger partial charge in [0.2, 0.25) is 0 Å². The molecule has 1 aromatic rings. The predicted molar refractivity (Wildman–Crippen MR) is 47.4 cm³/mol. The lowest BCUT2D eigenvalue weighted by Crippen LogP contribution is -2.47. The van der Waals surface area contributed by atoms with Gasteiger partial charge in [0.25, 0.3) is 5.91 Å². The lowest BCUT2D eigenvalue weighted by Gasteiger charge is -2.27. The SMILES string of the molecule is N[C@H]1Cc2ccc(F)cc2N(O)C1=O. The van der Waals surface area contributed by atoms with Crippen LogP contribution in [0.3, 0.4) is 0 Å². The Hall–Kier alpha value is -1.46. The predicted octanol–water partition coefficient (Wildman–Crippen LogP) is 0.431. The van der Waals surface area contributed by atoms with Crippen molar-refractivity contribution < 1.29 is 14.4 Å². The van der Waals surface area contributed by atoms with Gasteiger partial charge in [0, 0.05) is 6.07 Å². The van der Waals surface area contributed by atoms with E-state index in [1.807, 2.05) is 0 Å². The number of hydrogen-bond donors (Lipinski definition) is 2. The van der Waals surface area contributed by atoms with Gasteiger partial charge in [-0.25, -0.2) is 4.39 Å². The highest BCUT2D eigenvalue weighted by molar-refractivity contribution is 5.98. The molecule has 4 nitrogen and oxygen atoms in total. The third-order valence-corrected chi connectivity index (χ3v) is 2.24. The Morgan fingerprint density at radius 1 is 1.57 bits per heavy atom. The summed E-state index contributed by atoms with van der Waals surface area (Å²) in [5.74, 6) is -1.10. The number of fused-ring (bicyclic) bond motifs is 1. The first-order valence-electron chi connectivity index (χ1n) is 4.16. The van der Waals surface area contributed by atoms with E-state index in [1.165, 1.54) is 12.1 Å². The molecule has 5 heteroatoms. The van der Waals surface area contributed by atoms with Crippen molar-refractivity contribution >= 4 is 11.6 Å². The second kappa shape index (κ2) is 3.04. The van der Waals surface area contributed by atoms with Gasteiger partial charge in [-0.3, -0.25) is 10.0 Å². The number of rotatable bonds is 0. The van der Waals surface area contributed by atoms with E-state index in [4.69, 9.17) is 5.73 Å². The maximum absolute atomic E-state index is 12.8. The number of amides is 1. The average Bonchev–Trinajstić information content (AvgIpc) is 2.16. The molecular weight excluding hydrogens is 187 g/mol. The number of carbonyl (C=O) groups excluding carboxylic acids is 1. The van der Waals surface area contributed by atoms with E-state index in [9.17, 15) is 14.4 Å². The van der Waals surface area contributed by atoms with Crippen LogP contribution in [0.15, 0.2) is 18.2 Å². The summed E-state index contributed by atoms with van der Waals surface area (Å²) in [5.41, 5.74) is 6.32. The summed E-state index contributed by atoms with van der Waals surface area (Å²) < 4.78 is 12.8. The van der Waals surface area contributed by atoms with E-state index in [1.54, 1.807) is 0 Å². The second-order valence-electron chi connectivity index (χ2n) is 3.23. The number of anilines is 1. The van der Waals surface area contributed by atoms with E-state index in [0.29, 0.717) is 17.0 Å². The van der Waals surface area contributed by atoms with Gasteiger partial charge in [0.1, 0.15) is 5.82 Å². The minimum absolute atomic E-state index is 0.178. The Bertz CT molecular complexity index is 394. The van der Waals surface area contributed by atoms with E-state index in [0.717, 1.165) is 6.07 Å². The molecule has 2 rings (SSSR count). The van der Waals surface area contributed by atoms with Crippen LogP contribution in [0, 0.1) is 5.82 Å². The van der Waals surface area contributed by atoms with Gasteiger partial charge in [0.15, 0.2) is 0 Å². The molecule has 0 bridgehead atoms. The molecule has 0 saturated carbocycles. The van der Waals surface area contributed by atoms with Gasteiger partial charge >= 0.3 is 0 Å². The second-order valence-corrected chi connectivity index (χ2v) is 3.23. The van der Waals surface area contributed by atoms with Crippen LogP contribution in [0.25, 0.3) is 0 Å². The van der Waals surface area contributed by atoms with Crippen molar-refractivity contribution in [1.82, 2.24) is 0 Å². The number of carbonyl (C=O) groups is 1. The van der Waals surface area contributed by atoms with Gasteiger partial charge in [-0.1, -0.05) is 6.07 Å². The van der Waals surface area contributed by atoms with Crippen LogP contribution in [0.1, 0.15) is 5.56 Å². The lowest BCUT2D eigenvalue weighted by molar-refractivity contribution is -0.125. The smallest absolute Gasteiger partial charge is 0.267 e. The number of hydroxylamine groups is 1. The fourth-order valence-electron chi connectivity index (χ4n) is 1.51. The minimum Gasteiger partial charge on any atom is -0.320 e. The van der Waals surface area contributed by atoms with Crippen LogP contribution >= 0.6 is 0 Å². The zero-order chi connectivity index (χ0) is 10.3. The van der Waals surface area contributed by atoms with Crippen molar-refractivity contribution in [2.45, 2.75) is 12.5 Å². The van der Waals surface area contributed by atoms with Gasteiger partial charge in [-0.2, -0.15) is 5.06 Å². The number of nitrogens with zero attached hydrogens (tertiary/aromatic N) is 1. The van der Waals surface area contributed by atoms with Crippen molar-refractivity contribution in [3.05, 3.63) is 29.6 Å². The molecule has 14 heavy (non-hydrogen) atoms. The summed E-state index contributed by atoms with van der Waals surface area (Å²) in [7, 11) is 0. The topological polar surface area (TPSA) is 66.6 Å². The molecule has 74 valence electrons. The van der Waals surface area contributed by atoms with Crippen molar-refractivity contribution in [1.29, 1.82) is 0 Å². The molecule has 0 aromatic heterocycles. The van der Waals surface area contributed by atoms with E-state index in [2.05, 4.69) is 0 Å². The first-order valence-corrected chi connectivity index (χ1v) is 4.16. The molecule has 1 atom stereocenters. The summed E-state index contributed by atoms with van der Waals surface area (Å²) in [6.07, 6.45) is 0.325. The molecule has 0 aliphatic carbocycles. The fraction of sp³-hybridized carbons (Fsp3) is 0.222. The highest BCUT2D eigenvalue weighted by Crippen LogP contribution is 2.26. The molecule has 0 radical (unpaired) electrons. The molecule has 1 heterocycles. The number of hydrogen-bond acceptors (Lipinski definition) is 3. The molecule has 1 aromatic carbocycles. The van der Waals surface area contributed by atoms with E-state index in [-0.39, 0.29) is 5.69 Å². The minimum atomic E-state index is -0.752. The zero-order valence-corrected chi connectivity index (χ0v) is 7.27. The van der Waals surface area contributed by atoms with Crippen LogP contribution in [-0.4, -0.2) is 17.2 Å². The Morgan fingerprint density at radius 3 is 3.00 bits per heavy atom. The average molecular weight is 196 g/mol. The first-order chi connectivity index (χ1) is 6.59. The molecule has 1 aliphatic rings. The van der Waals surface area contributed by atoms with Crippen molar-refractivity contribution in [3.8, 4) is 0 Å². The van der Waals surface area contributed by atoms with Crippen molar-refractivity contribution in [2.75, 3.05) is 5.06 Å². The van der Waals surface area contributed by atoms with Crippen LogP contribution in [-0.2, 0) is 11.2 Å². The van der Waals surface area contributed by atoms with Crippen LogP contribution in [0.5, 0.6) is 0 Å². The van der Waals surface area contributed by atoms with Crippen LogP contribution in [0.4, 0.5) is 10.1 Å². The summed E-state index contributed by atoms with van der Waals surface area (Å²) in [6.45, 7) is 0. The highest BCUT2D eigenvalue weighted by atomic mass is 19.1. The number of benzene rings is 1. The fourth-order valence-corrected chi connectivity index (χ4v) is 1.51. The summed E-state index contributed by atoms with van der Waals surface area (Å²) in [6, 6.07) is 3.15. The lowest BCUT2D eigenvalue weighted by atomic mass is 9.99. The standard InChI is InChI=1S/C9H9FN2O2/c10-6-2-1-5-3-7(11)9(13)12(14)8(5)4-6/h1-2,4,7,14H,3,11H2/t7-/m0/s1. The normalized spacial score (nSPS) is 20.9. The Balaban J connectivity index is 2.51. The molecule has 0 fully saturated rings. The maximum Gasteiger partial charge on any atom is 0.267 e. The third kappa shape index (κ3) is 1.26. The van der Waals surface area contributed by atoms with Gasteiger partial charge in [0.05, 0.1) is 11.7 Å². The van der Waals surface area contributed by atoms with Crippen LogP contribution in [0.2, 0.25) is 0 Å². The Kier molecular flexibility index (Phi) is 1.98. The largest absolute Gasteiger partial charge is 0.320 e. The van der Waals surface area contributed by atoms with Crippen LogP contribution < -0.4 is 10.8 Å². The highest BCUT2D eigenvalue weighted by Gasteiger charge is 2.29. The van der Waals surface area contributed by atoms with Gasteiger partial charge in [-0.15, -0.1) is 0 Å². The summed E-state index contributed by atoms with van der Waals surface area (Å²) in [4.78, 5) is 11.2. The number of halogens is 1. The number of nitrogens with two attached hydrogens (primary N) is 1. The molecule has 1 aliphatic heterocycles. The molecule has 1 amide bonds. The van der Waals surface area contributed by atoms with E-state index < -0.39 is 17.8 Å². The monoisotopic (exact) mass is 196 g/mol. The Labute approximate surface area is 79.7 Å². The molecule has 0 spiro atoms. The molecule has 3 N–H and O–H groups in total. The van der Waals surface area contributed by atoms with Gasteiger partial charge in [-0.05, 0) is 18.1 Å². The quantitative estimate of drug-likeness (QED) is 0.591. The molecule has 0 unspecified atom stereocenters. The van der Waals surface area contributed by atoms with Crippen molar-refractivity contribution in [2.24, 2.45) is 5.73 Å². The van der Waals surface area contributed by atoms with E-state index >= 15 is 0 Å². The van der Waals surface area contributed by atoms with Gasteiger partial charge < -0.3 is 5.73 Å². The summed E-state index contributed by atoms with van der Waals surface area (Å²) >= 11 is 0. The molecular formula is C9H9FN2O2.